The fraction of sp³-hybridized carbons (Fsp3) is 0.269. The minimum absolute atomic E-state index is 0.0825. The molecule has 1 aromatic heterocycles. The van der Waals surface area contributed by atoms with E-state index in [1.54, 1.807) is 24.4 Å². The van der Waals surface area contributed by atoms with Crippen molar-refractivity contribution >= 4 is 29.2 Å². The lowest BCUT2D eigenvalue weighted by Gasteiger charge is -2.51. The number of piperazine rings is 1. The summed E-state index contributed by atoms with van der Waals surface area (Å²) in [5.74, 6) is 0.548. The maximum atomic E-state index is 12.7. The molecule has 0 unspecified atom stereocenters. The van der Waals surface area contributed by atoms with E-state index in [1.807, 2.05) is 53.4 Å². The molecule has 3 aliphatic rings. The standard InChI is InChI=1S/C26H27N5O3/c27-22-8-4-5-9-23(22)29-25(32)19-10-13-24(28-14-19)30-15-21-12-11-20(30)16-31(21)26(33)34-17-18-6-2-1-3-7-18/h1-10,13-14,20-21H,11-12,15-17,27H2,(H,29,32)/t20-,21-/m0/s1. The Kier molecular flexibility index (Phi) is 6.03. The molecule has 3 aliphatic heterocycles. The average molecular weight is 458 g/mol. The van der Waals surface area contributed by atoms with Crippen molar-refractivity contribution in [2.75, 3.05) is 29.0 Å². The number of carbonyl (C=O) groups is 2. The van der Waals surface area contributed by atoms with Gasteiger partial charge in [-0.3, -0.25) is 4.79 Å². The van der Waals surface area contributed by atoms with Crippen LogP contribution in [0.5, 0.6) is 0 Å². The number of benzene rings is 2. The van der Waals surface area contributed by atoms with Gasteiger partial charge < -0.3 is 25.6 Å². The van der Waals surface area contributed by atoms with Crippen LogP contribution in [0.25, 0.3) is 0 Å². The Bertz CT molecular complexity index is 1170. The maximum Gasteiger partial charge on any atom is 0.410 e. The summed E-state index contributed by atoms with van der Waals surface area (Å²) in [5.41, 5.74) is 8.43. The normalized spacial score (nSPS) is 19.1. The van der Waals surface area contributed by atoms with Crippen molar-refractivity contribution in [1.82, 2.24) is 9.88 Å². The fourth-order valence-corrected chi connectivity index (χ4v) is 4.63. The number of nitrogens with one attached hydrogen (secondary N) is 1. The van der Waals surface area contributed by atoms with Gasteiger partial charge >= 0.3 is 6.09 Å². The van der Waals surface area contributed by atoms with Crippen LogP contribution in [0.4, 0.5) is 22.0 Å². The number of hydrogen-bond acceptors (Lipinski definition) is 6. The number of amides is 2. The molecule has 174 valence electrons. The molecule has 2 aromatic carbocycles. The zero-order valence-corrected chi connectivity index (χ0v) is 18.8. The van der Waals surface area contributed by atoms with Crippen LogP contribution in [0.15, 0.2) is 72.9 Å². The number of nitrogen functional groups attached to an aromatic ring is 1. The highest BCUT2D eigenvalue weighted by molar-refractivity contribution is 6.05. The minimum Gasteiger partial charge on any atom is -0.445 e. The second kappa shape index (κ2) is 9.43. The summed E-state index contributed by atoms with van der Waals surface area (Å²) in [6, 6.07) is 20.7. The summed E-state index contributed by atoms with van der Waals surface area (Å²) in [5, 5.41) is 2.82. The van der Waals surface area contributed by atoms with Gasteiger partial charge in [0.1, 0.15) is 12.4 Å². The van der Waals surface area contributed by atoms with Crippen LogP contribution in [0.3, 0.4) is 0 Å². The number of rotatable bonds is 5. The predicted molar refractivity (Wildman–Crippen MR) is 131 cm³/mol. The molecule has 2 bridgehead atoms. The molecule has 2 atom stereocenters. The van der Waals surface area contributed by atoms with Gasteiger partial charge in [0.25, 0.3) is 5.91 Å². The Morgan fingerprint density at radius 1 is 0.971 bits per heavy atom. The largest absolute Gasteiger partial charge is 0.445 e. The number of ether oxygens (including phenoxy) is 1. The molecule has 4 heterocycles. The van der Waals surface area contributed by atoms with Crippen molar-refractivity contribution in [2.45, 2.75) is 31.5 Å². The Labute approximate surface area is 198 Å². The molecule has 3 fully saturated rings. The number of aromatic nitrogens is 1. The molecule has 34 heavy (non-hydrogen) atoms. The minimum atomic E-state index is -0.265. The molecule has 3 saturated heterocycles. The molecular formula is C26H27N5O3. The molecule has 0 saturated carbocycles. The summed E-state index contributed by atoms with van der Waals surface area (Å²) in [6.45, 7) is 1.58. The van der Waals surface area contributed by atoms with Gasteiger partial charge in [0.15, 0.2) is 0 Å². The quantitative estimate of drug-likeness (QED) is 0.564. The van der Waals surface area contributed by atoms with Crippen LogP contribution in [-0.4, -0.2) is 47.1 Å². The Morgan fingerprint density at radius 3 is 2.44 bits per heavy atom. The van der Waals surface area contributed by atoms with Crippen LogP contribution < -0.4 is 16.0 Å². The highest BCUT2D eigenvalue weighted by Gasteiger charge is 2.42. The van der Waals surface area contributed by atoms with Gasteiger partial charge in [-0.15, -0.1) is 0 Å². The zero-order chi connectivity index (χ0) is 23.5. The fourth-order valence-electron chi connectivity index (χ4n) is 4.63. The smallest absolute Gasteiger partial charge is 0.410 e. The predicted octanol–water partition coefficient (Wildman–Crippen LogP) is 3.91. The molecule has 2 amide bonds. The monoisotopic (exact) mass is 457 g/mol. The summed E-state index contributed by atoms with van der Waals surface area (Å²) < 4.78 is 5.56. The van der Waals surface area contributed by atoms with E-state index < -0.39 is 0 Å². The topological polar surface area (TPSA) is 101 Å². The molecule has 8 nitrogen and oxygen atoms in total. The number of hydrogen-bond donors (Lipinski definition) is 2. The average Bonchev–Trinajstić information content (AvgIpc) is 2.89. The van der Waals surface area contributed by atoms with Crippen LogP contribution in [0, 0.1) is 0 Å². The van der Waals surface area contributed by atoms with Crippen molar-refractivity contribution in [2.24, 2.45) is 0 Å². The van der Waals surface area contributed by atoms with E-state index in [0.717, 1.165) is 24.2 Å². The van der Waals surface area contributed by atoms with Crippen molar-refractivity contribution in [1.29, 1.82) is 0 Å². The number of carbonyl (C=O) groups excluding carboxylic acids is 2. The summed E-state index contributed by atoms with van der Waals surface area (Å²) in [4.78, 5) is 33.9. The van der Waals surface area contributed by atoms with E-state index >= 15 is 0 Å². The third-order valence-electron chi connectivity index (χ3n) is 6.48. The number of nitrogens with two attached hydrogens (primary N) is 1. The van der Waals surface area contributed by atoms with E-state index in [1.165, 1.54) is 0 Å². The van der Waals surface area contributed by atoms with E-state index in [-0.39, 0.29) is 30.7 Å². The molecule has 0 spiro atoms. The number of para-hydroxylation sites is 2. The van der Waals surface area contributed by atoms with Crippen LogP contribution >= 0.6 is 0 Å². The summed E-state index contributed by atoms with van der Waals surface area (Å²) in [7, 11) is 0. The zero-order valence-electron chi connectivity index (χ0n) is 18.8. The molecule has 3 aromatic rings. The first kappa shape index (κ1) is 21.8. The lowest BCUT2D eigenvalue weighted by Crippen LogP contribution is -2.64. The molecular weight excluding hydrogens is 430 g/mol. The molecule has 8 heteroatoms. The van der Waals surface area contributed by atoms with Crippen LogP contribution in [0.1, 0.15) is 28.8 Å². The Balaban J connectivity index is 1.20. The lowest BCUT2D eigenvalue weighted by molar-refractivity contribution is 0.0500. The van der Waals surface area contributed by atoms with E-state index in [9.17, 15) is 9.59 Å². The Morgan fingerprint density at radius 2 is 1.74 bits per heavy atom. The van der Waals surface area contributed by atoms with Crippen LogP contribution in [-0.2, 0) is 11.3 Å². The van der Waals surface area contributed by atoms with E-state index in [4.69, 9.17) is 10.5 Å². The first-order valence-corrected chi connectivity index (χ1v) is 11.4. The third kappa shape index (κ3) is 4.52. The molecule has 0 radical (unpaired) electrons. The maximum absolute atomic E-state index is 12.7. The SMILES string of the molecule is Nc1ccccc1NC(=O)c1ccc(N2C[C@@H]3CC[C@H]2CN3C(=O)OCc2ccccc2)nc1. The lowest BCUT2D eigenvalue weighted by atomic mass is 9.91. The van der Waals surface area contributed by atoms with Gasteiger partial charge in [-0.1, -0.05) is 42.5 Å². The number of pyridine rings is 1. The van der Waals surface area contributed by atoms with Gasteiger partial charge in [-0.05, 0) is 42.7 Å². The van der Waals surface area contributed by atoms with Crippen molar-refractivity contribution in [3.8, 4) is 0 Å². The van der Waals surface area contributed by atoms with Gasteiger partial charge in [0, 0.05) is 25.3 Å². The van der Waals surface area contributed by atoms with Crippen molar-refractivity contribution in [3.63, 3.8) is 0 Å². The van der Waals surface area contributed by atoms with Crippen molar-refractivity contribution < 1.29 is 14.3 Å². The summed E-state index contributed by atoms with van der Waals surface area (Å²) >= 11 is 0. The first-order chi connectivity index (χ1) is 16.6. The highest BCUT2D eigenvalue weighted by Crippen LogP contribution is 2.32. The first-order valence-electron chi connectivity index (χ1n) is 11.4. The number of piperidine rings is 2. The van der Waals surface area contributed by atoms with Gasteiger partial charge in [-0.25, -0.2) is 9.78 Å². The van der Waals surface area contributed by atoms with Crippen LogP contribution in [0.2, 0.25) is 0 Å². The molecule has 6 rings (SSSR count). The molecule has 3 N–H and O–H groups in total. The highest BCUT2D eigenvalue weighted by atomic mass is 16.6. The number of anilines is 3. The summed E-state index contributed by atoms with van der Waals surface area (Å²) in [6.07, 6.45) is 3.25. The Hall–Kier alpha value is -4.07. The van der Waals surface area contributed by atoms with E-state index in [2.05, 4.69) is 15.2 Å². The second-order valence-corrected chi connectivity index (χ2v) is 8.68. The van der Waals surface area contributed by atoms with E-state index in [0.29, 0.717) is 30.0 Å². The number of fused-ring (bicyclic) bond motifs is 3. The van der Waals surface area contributed by atoms with Crippen molar-refractivity contribution in [3.05, 3.63) is 84.1 Å². The van der Waals surface area contributed by atoms with Gasteiger partial charge in [-0.2, -0.15) is 0 Å². The molecule has 0 aliphatic carbocycles. The van der Waals surface area contributed by atoms with Gasteiger partial charge in [0.05, 0.1) is 23.0 Å². The van der Waals surface area contributed by atoms with Gasteiger partial charge in [0.2, 0.25) is 0 Å². The number of nitrogens with zero attached hydrogens (tertiary/aromatic N) is 3. The third-order valence-corrected chi connectivity index (χ3v) is 6.48. The second-order valence-electron chi connectivity index (χ2n) is 8.68.